The Kier molecular flexibility index (Phi) is 4.71. The van der Waals surface area contributed by atoms with Crippen LogP contribution in [0.4, 0.5) is 0 Å². The average molecular weight is 368 g/mol. The molecule has 4 heteroatoms. The molecule has 88 valence electrons. The van der Waals surface area contributed by atoms with Crippen molar-refractivity contribution in [3.8, 4) is 0 Å². The van der Waals surface area contributed by atoms with E-state index in [2.05, 4.69) is 37.9 Å². The van der Waals surface area contributed by atoms with Crippen molar-refractivity contribution < 1.29 is 4.74 Å². The number of rotatable bonds is 2. The fourth-order valence-electron chi connectivity index (χ4n) is 1.98. The Bertz CT molecular complexity index is 364. The molecule has 0 aliphatic carbocycles. The van der Waals surface area contributed by atoms with Gasteiger partial charge in [0.15, 0.2) is 0 Å². The molecule has 0 aromatic heterocycles. The van der Waals surface area contributed by atoms with E-state index in [1.165, 1.54) is 0 Å². The van der Waals surface area contributed by atoms with Crippen molar-refractivity contribution in [3.05, 3.63) is 32.7 Å². The van der Waals surface area contributed by atoms with Crippen molar-refractivity contribution >= 4 is 43.5 Å². The van der Waals surface area contributed by atoms with E-state index in [0.717, 1.165) is 40.6 Å². The third-order valence-electron chi connectivity index (χ3n) is 2.86. The van der Waals surface area contributed by atoms with Gasteiger partial charge in [-0.2, -0.15) is 0 Å². The molecule has 1 fully saturated rings. The van der Waals surface area contributed by atoms with E-state index in [-0.39, 0.29) is 5.38 Å². The largest absolute Gasteiger partial charge is 0.381 e. The number of benzene rings is 1. The van der Waals surface area contributed by atoms with Crippen LogP contribution in [0.2, 0.25) is 0 Å². The van der Waals surface area contributed by atoms with E-state index in [9.17, 15) is 0 Å². The highest BCUT2D eigenvalue weighted by Crippen LogP contribution is 2.38. The van der Waals surface area contributed by atoms with E-state index in [0.29, 0.717) is 5.92 Å². The van der Waals surface area contributed by atoms with Gasteiger partial charge in [-0.15, -0.1) is 11.6 Å². The van der Waals surface area contributed by atoms with Crippen molar-refractivity contribution in [3.63, 3.8) is 0 Å². The Morgan fingerprint density at radius 3 is 2.88 bits per heavy atom. The summed E-state index contributed by atoms with van der Waals surface area (Å²) in [5.41, 5.74) is 1.14. The van der Waals surface area contributed by atoms with Crippen molar-refractivity contribution in [2.45, 2.75) is 18.2 Å². The highest BCUT2D eigenvalue weighted by molar-refractivity contribution is 9.11. The van der Waals surface area contributed by atoms with Crippen LogP contribution < -0.4 is 0 Å². The van der Waals surface area contributed by atoms with Gasteiger partial charge in [0.05, 0.1) is 12.0 Å². The zero-order chi connectivity index (χ0) is 11.5. The lowest BCUT2D eigenvalue weighted by Crippen LogP contribution is -2.21. The molecule has 1 heterocycles. The molecule has 1 aliphatic heterocycles. The minimum atomic E-state index is 0.0205. The first-order chi connectivity index (χ1) is 7.68. The van der Waals surface area contributed by atoms with Crippen LogP contribution in [-0.2, 0) is 4.74 Å². The van der Waals surface area contributed by atoms with Gasteiger partial charge < -0.3 is 4.74 Å². The molecular formula is C12H13Br2ClO. The first kappa shape index (κ1) is 12.9. The second-order valence-electron chi connectivity index (χ2n) is 4.04. The standard InChI is InChI=1S/C12H13Br2ClO/c13-9-3-4-11(14)10(6-9)12(15)8-2-1-5-16-7-8/h3-4,6,8,12H,1-2,5,7H2. The van der Waals surface area contributed by atoms with E-state index in [1.807, 2.05) is 12.1 Å². The first-order valence-corrected chi connectivity index (χ1v) is 7.37. The van der Waals surface area contributed by atoms with E-state index in [1.54, 1.807) is 0 Å². The molecule has 0 saturated carbocycles. The Labute approximate surface area is 118 Å². The van der Waals surface area contributed by atoms with Crippen LogP contribution in [0, 0.1) is 5.92 Å². The van der Waals surface area contributed by atoms with Crippen LogP contribution in [0.1, 0.15) is 23.8 Å². The zero-order valence-corrected chi connectivity index (χ0v) is 12.7. The topological polar surface area (TPSA) is 9.23 Å². The van der Waals surface area contributed by atoms with Crippen molar-refractivity contribution in [2.24, 2.45) is 5.92 Å². The van der Waals surface area contributed by atoms with E-state index >= 15 is 0 Å². The van der Waals surface area contributed by atoms with E-state index < -0.39 is 0 Å². The van der Waals surface area contributed by atoms with Crippen LogP contribution in [0.15, 0.2) is 27.1 Å². The molecule has 2 rings (SSSR count). The van der Waals surface area contributed by atoms with Gasteiger partial charge in [-0.25, -0.2) is 0 Å². The Balaban J connectivity index is 2.18. The molecule has 0 spiro atoms. The Hall–Kier alpha value is 0.430. The van der Waals surface area contributed by atoms with Gasteiger partial charge in [0.1, 0.15) is 0 Å². The average Bonchev–Trinajstić information content (AvgIpc) is 2.32. The summed E-state index contributed by atoms with van der Waals surface area (Å²) in [6.45, 7) is 1.65. The fourth-order valence-corrected chi connectivity index (χ4v) is 3.36. The van der Waals surface area contributed by atoms with Gasteiger partial charge in [-0.3, -0.25) is 0 Å². The monoisotopic (exact) mass is 366 g/mol. The molecule has 0 amide bonds. The highest BCUT2D eigenvalue weighted by Gasteiger charge is 2.25. The molecule has 1 nitrogen and oxygen atoms in total. The normalized spacial score (nSPS) is 23.1. The minimum absolute atomic E-state index is 0.0205. The third-order valence-corrected chi connectivity index (χ3v) is 4.67. The first-order valence-electron chi connectivity index (χ1n) is 5.35. The lowest BCUT2D eigenvalue weighted by molar-refractivity contribution is 0.0531. The molecule has 0 N–H and O–H groups in total. The molecule has 1 aromatic rings. The summed E-state index contributed by atoms with van der Waals surface area (Å²) in [7, 11) is 0. The van der Waals surface area contributed by atoms with Gasteiger partial charge in [-0.05, 0) is 36.6 Å². The van der Waals surface area contributed by atoms with Crippen LogP contribution in [-0.4, -0.2) is 13.2 Å². The summed E-state index contributed by atoms with van der Waals surface area (Å²) < 4.78 is 7.62. The fraction of sp³-hybridized carbons (Fsp3) is 0.500. The number of halogens is 3. The van der Waals surface area contributed by atoms with Gasteiger partial charge >= 0.3 is 0 Å². The summed E-state index contributed by atoms with van der Waals surface area (Å²) in [6, 6.07) is 6.11. The summed E-state index contributed by atoms with van der Waals surface area (Å²) in [5, 5.41) is 0.0205. The maximum absolute atomic E-state index is 6.53. The van der Waals surface area contributed by atoms with Crippen molar-refractivity contribution in [1.29, 1.82) is 0 Å². The van der Waals surface area contributed by atoms with Crippen LogP contribution in [0.25, 0.3) is 0 Å². The molecule has 16 heavy (non-hydrogen) atoms. The molecule has 1 aromatic carbocycles. The maximum Gasteiger partial charge on any atom is 0.0646 e. The predicted molar refractivity (Wildman–Crippen MR) is 74.0 cm³/mol. The second kappa shape index (κ2) is 5.85. The second-order valence-corrected chi connectivity index (χ2v) is 6.29. The lowest BCUT2D eigenvalue weighted by Gasteiger charge is -2.27. The summed E-state index contributed by atoms with van der Waals surface area (Å²) in [6.07, 6.45) is 2.26. The maximum atomic E-state index is 6.53. The SMILES string of the molecule is ClC(c1cc(Br)ccc1Br)C1CCCOC1. The molecular weight excluding hydrogens is 355 g/mol. The Morgan fingerprint density at radius 1 is 1.38 bits per heavy atom. The lowest BCUT2D eigenvalue weighted by atomic mass is 9.93. The number of alkyl halides is 1. The molecule has 0 bridgehead atoms. The number of hydrogen-bond acceptors (Lipinski definition) is 1. The number of hydrogen-bond donors (Lipinski definition) is 0. The van der Waals surface area contributed by atoms with Gasteiger partial charge in [0.2, 0.25) is 0 Å². The van der Waals surface area contributed by atoms with Crippen LogP contribution in [0.5, 0.6) is 0 Å². The summed E-state index contributed by atoms with van der Waals surface area (Å²) in [4.78, 5) is 0. The highest BCUT2D eigenvalue weighted by atomic mass is 79.9. The van der Waals surface area contributed by atoms with Gasteiger partial charge in [0.25, 0.3) is 0 Å². The quantitative estimate of drug-likeness (QED) is 0.674. The smallest absolute Gasteiger partial charge is 0.0646 e. The van der Waals surface area contributed by atoms with Crippen LogP contribution in [0.3, 0.4) is 0 Å². The van der Waals surface area contributed by atoms with E-state index in [4.69, 9.17) is 16.3 Å². The molecule has 2 atom stereocenters. The predicted octanol–water partition coefficient (Wildman–Crippen LogP) is 4.92. The zero-order valence-electron chi connectivity index (χ0n) is 8.76. The molecule has 1 saturated heterocycles. The molecule has 1 aliphatic rings. The Morgan fingerprint density at radius 2 is 2.19 bits per heavy atom. The summed E-state index contributed by atoms with van der Waals surface area (Å²) >= 11 is 13.6. The van der Waals surface area contributed by atoms with Crippen molar-refractivity contribution in [2.75, 3.05) is 13.2 Å². The number of ether oxygens (including phenoxy) is 1. The summed E-state index contributed by atoms with van der Waals surface area (Å²) in [5.74, 6) is 0.418. The minimum Gasteiger partial charge on any atom is -0.381 e. The molecule has 0 radical (unpaired) electrons. The van der Waals surface area contributed by atoms with Gasteiger partial charge in [0, 0.05) is 21.5 Å². The van der Waals surface area contributed by atoms with Crippen molar-refractivity contribution in [1.82, 2.24) is 0 Å². The van der Waals surface area contributed by atoms with Crippen LogP contribution >= 0.6 is 43.5 Å². The molecule has 2 unspecified atom stereocenters. The van der Waals surface area contributed by atoms with Gasteiger partial charge in [-0.1, -0.05) is 31.9 Å². The third kappa shape index (κ3) is 3.00.